The lowest BCUT2D eigenvalue weighted by molar-refractivity contribution is -0.385. The topological polar surface area (TPSA) is 111 Å². The van der Waals surface area contributed by atoms with Gasteiger partial charge in [-0.2, -0.15) is 0 Å². The van der Waals surface area contributed by atoms with Crippen molar-refractivity contribution < 1.29 is 14.8 Å². The van der Waals surface area contributed by atoms with Gasteiger partial charge in [-0.1, -0.05) is 23.9 Å². The van der Waals surface area contributed by atoms with E-state index in [9.17, 15) is 14.9 Å². The number of hydrogen-bond donors (Lipinski definition) is 1. The fourth-order valence-corrected chi connectivity index (χ4v) is 2.39. The van der Waals surface area contributed by atoms with E-state index < -0.39 is 10.9 Å². The van der Waals surface area contributed by atoms with Crippen molar-refractivity contribution in [3.05, 3.63) is 33.9 Å². The molecule has 1 aromatic carbocycles. The summed E-state index contributed by atoms with van der Waals surface area (Å²) in [4.78, 5) is 21.1. The van der Waals surface area contributed by atoms with Crippen molar-refractivity contribution in [1.82, 2.24) is 14.8 Å². The molecular formula is C12H12N4O4S. The Kier molecular flexibility index (Phi) is 4.22. The summed E-state index contributed by atoms with van der Waals surface area (Å²) >= 11 is 1.04. The van der Waals surface area contributed by atoms with Crippen LogP contribution >= 0.6 is 11.8 Å². The molecule has 0 bridgehead atoms. The monoisotopic (exact) mass is 308 g/mol. The summed E-state index contributed by atoms with van der Waals surface area (Å²) in [5, 5.41) is 27.9. The molecule has 0 unspecified atom stereocenters. The second-order valence-corrected chi connectivity index (χ2v) is 5.25. The van der Waals surface area contributed by atoms with Crippen LogP contribution in [0.3, 0.4) is 0 Å². The van der Waals surface area contributed by atoms with Crippen molar-refractivity contribution in [2.45, 2.75) is 12.1 Å². The molecule has 0 spiro atoms. The standard InChI is InChI=1S/C12H12N4O4S/c1-7-3-4-8(5-9(7)16(19)20)11-13-14-12(15(11)2)21-6-10(17)18/h3-5H,6H2,1-2H3,(H,17,18). The quantitative estimate of drug-likeness (QED) is 0.510. The van der Waals surface area contributed by atoms with E-state index in [1.807, 2.05) is 0 Å². The summed E-state index contributed by atoms with van der Waals surface area (Å²) in [5.41, 5.74) is 1.13. The Labute approximate surface area is 124 Å². The van der Waals surface area contributed by atoms with E-state index in [-0.39, 0.29) is 11.4 Å². The SMILES string of the molecule is Cc1ccc(-c2nnc(SCC(=O)O)n2C)cc1[N+](=O)[O-]. The second kappa shape index (κ2) is 5.92. The number of carboxylic acids is 1. The summed E-state index contributed by atoms with van der Waals surface area (Å²) in [6.45, 7) is 1.66. The first-order chi connectivity index (χ1) is 9.90. The maximum atomic E-state index is 11.0. The molecule has 2 rings (SSSR count). The third kappa shape index (κ3) is 3.19. The van der Waals surface area contributed by atoms with Crippen LogP contribution in [0.25, 0.3) is 11.4 Å². The van der Waals surface area contributed by atoms with Crippen LogP contribution in [0.4, 0.5) is 5.69 Å². The first kappa shape index (κ1) is 15.0. The number of benzene rings is 1. The van der Waals surface area contributed by atoms with E-state index in [0.29, 0.717) is 22.1 Å². The Morgan fingerprint density at radius 2 is 2.19 bits per heavy atom. The molecule has 0 radical (unpaired) electrons. The van der Waals surface area contributed by atoms with Crippen molar-refractivity contribution >= 4 is 23.4 Å². The fraction of sp³-hybridized carbons (Fsp3) is 0.250. The zero-order valence-corrected chi connectivity index (χ0v) is 12.1. The Bertz CT molecular complexity index is 713. The number of carboxylic acid groups (broad SMARTS) is 1. The molecule has 2 aromatic rings. The Hall–Kier alpha value is -2.42. The van der Waals surface area contributed by atoms with Crippen LogP contribution in [-0.2, 0) is 11.8 Å². The molecule has 0 saturated heterocycles. The van der Waals surface area contributed by atoms with Gasteiger partial charge in [0.15, 0.2) is 11.0 Å². The lowest BCUT2D eigenvalue weighted by Gasteiger charge is -2.04. The van der Waals surface area contributed by atoms with Crippen molar-refractivity contribution in [3.8, 4) is 11.4 Å². The minimum Gasteiger partial charge on any atom is -0.481 e. The lowest BCUT2D eigenvalue weighted by atomic mass is 10.1. The van der Waals surface area contributed by atoms with E-state index in [2.05, 4.69) is 10.2 Å². The molecule has 0 amide bonds. The number of aliphatic carboxylic acids is 1. The minimum absolute atomic E-state index is 0.00948. The van der Waals surface area contributed by atoms with Gasteiger partial charge in [0.05, 0.1) is 10.7 Å². The minimum atomic E-state index is -0.949. The van der Waals surface area contributed by atoms with Gasteiger partial charge in [0.1, 0.15) is 0 Å². The number of hydrogen-bond acceptors (Lipinski definition) is 6. The van der Waals surface area contributed by atoms with Crippen molar-refractivity contribution in [3.63, 3.8) is 0 Å². The molecule has 1 N–H and O–H groups in total. The number of nitro benzene ring substituents is 1. The van der Waals surface area contributed by atoms with Gasteiger partial charge in [-0.05, 0) is 6.92 Å². The van der Waals surface area contributed by atoms with Crippen LogP contribution in [0.5, 0.6) is 0 Å². The predicted molar refractivity (Wildman–Crippen MR) is 76.2 cm³/mol. The molecule has 0 saturated carbocycles. The molecule has 0 aliphatic rings. The zero-order valence-electron chi connectivity index (χ0n) is 11.3. The Morgan fingerprint density at radius 3 is 2.81 bits per heavy atom. The number of thioether (sulfide) groups is 1. The number of nitrogens with zero attached hydrogens (tertiary/aromatic N) is 4. The number of nitro groups is 1. The molecule has 1 heterocycles. The fourth-order valence-electron chi connectivity index (χ4n) is 1.76. The molecule has 0 fully saturated rings. The van der Waals surface area contributed by atoms with Gasteiger partial charge in [-0.3, -0.25) is 14.9 Å². The molecule has 0 atom stereocenters. The first-order valence-electron chi connectivity index (χ1n) is 5.89. The van der Waals surface area contributed by atoms with Crippen molar-refractivity contribution in [2.75, 3.05) is 5.75 Å². The maximum Gasteiger partial charge on any atom is 0.313 e. The maximum absolute atomic E-state index is 11.0. The van der Waals surface area contributed by atoms with Crippen LogP contribution in [-0.4, -0.2) is 36.5 Å². The van der Waals surface area contributed by atoms with E-state index in [0.717, 1.165) is 11.8 Å². The molecule has 21 heavy (non-hydrogen) atoms. The van der Waals surface area contributed by atoms with Crippen LogP contribution in [0.2, 0.25) is 0 Å². The smallest absolute Gasteiger partial charge is 0.313 e. The third-order valence-electron chi connectivity index (χ3n) is 2.82. The highest BCUT2D eigenvalue weighted by molar-refractivity contribution is 7.99. The number of aryl methyl sites for hydroxylation is 1. The largest absolute Gasteiger partial charge is 0.481 e. The van der Waals surface area contributed by atoms with Crippen molar-refractivity contribution in [1.29, 1.82) is 0 Å². The van der Waals surface area contributed by atoms with Crippen LogP contribution in [0.15, 0.2) is 23.4 Å². The highest BCUT2D eigenvalue weighted by atomic mass is 32.2. The summed E-state index contributed by atoms with van der Waals surface area (Å²) < 4.78 is 1.61. The first-order valence-corrected chi connectivity index (χ1v) is 6.88. The van der Waals surface area contributed by atoms with E-state index in [1.54, 1.807) is 30.7 Å². The van der Waals surface area contributed by atoms with Gasteiger partial charge < -0.3 is 9.67 Å². The summed E-state index contributed by atoms with van der Waals surface area (Å²) in [5.74, 6) is -0.624. The summed E-state index contributed by atoms with van der Waals surface area (Å²) in [6, 6.07) is 4.80. The van der Waals surface area contributed by atoms with E-state index in [1.165, 1.54) is 6.07 Å². The number of carbonyl (C=O) groups is 1. The van der Waals surface area contributed by atoms with Gasteiger partial charge >= 0.3 is 5.97 Å². The average molecular weight is 308 g/mol. The normalized spacial score (nSPS) is 10.6. The lowest BCUT2D eigenvalue weighted by Crippen LogP contribution is -2.01. The molecule has 0 aliphatic heterocycles. The zero-order chi connectivity index (χ0) is 15.6. The van der Waals surface area contributed by atoms with Gasteiger partial charge in [0.2, 0.25) is 0 Å². The third-order valence-corrected chi connectivity index (χ3v) is 3.83. The second-order valence-electron chi connectivity index (χ2n) is 4.31. The summed E-state index contributed by atoms with van der Waals surface area (Å²) in [6.07, 6.45) is 0. The molecule has 1 aromatic heterocycles. The van der Waals surface area contributed by atoms with Gasteiger partial charge in [-0.25, -0.2) is 0 Å². The predicted octanol–water partition coefficient (Wildman–Crippen LogP) is 1.88. The Morgan fingerprint density at radius 1 is 1.48 bits per heavy atom. The number of rotatable bonds is 5. The molecular weight excluding hydrogens is 296 g/mol. The summed E-state index contributed by atoms with van der Waals surface area (Å²) in [7, 11) is 1.69. The Balaban J connectivity index is 2.37. The van der Waals surface area contributed by atoms with E-state index in [4.69, 9.17) is 5.11 Å². The highest BCUT2D eigenvalue weighted by Crippen LogP contribution is 2.27. The highest BCUT2D eigenvalue weighted by Gasteiger charge is 2.17. The van der Waals surface area contributed by atoms with Gasteiger partial charge in [0, 0.05) is 24.2 Å². The van der Waals surface area contributed by atoms with E-state index >= 15 is 0 Å². The van der Waals surface area contributed by atoms with Gasteiger partial charge in [-0.15, -0.1) is 10.2 Å². The van der Waals surface area contributed by atoms with Crippen LogP contribution in [0.1, 0.15) is 5.56 Å². The average Bonchev–Trinajstić information content (AvgIpc) is 2.78. The van der Waals surface area contributed by atoms with Crippen molar-refractivity contribution in [2.24, 2.45) is 7.05 Å². The van der Waals surface area contributed by atoms with Gasteiger partial charge in [0.25, 0.3) is 5.69 Å². The van der Waals surface area contributed by atoms with Crippen LogP contribution < -0.4 is 0 Å². The molecule has 110 valence electrons. The van der Waals surface area contributed by atoms with Crippen LogP contribution in [0, 0.1) is 17.0 Å². The molecule has 8 nitrogen and oxygen atoms in total. The molecule has 9 heteroatoms. The number of aromatic nitrogens is 3. The molecule has 0 aliphatic carbocycles.